The fourth-order valence-electron chi connectivity index (χ4n) is 1.61. The first-order chi connectivity index (χ1) is 9.06. The molecule has 6 heteroatoms. The van der Waals surface area contributed by atoms with E-state index in [1.165, 1.54) is 18.2 Å². The average molecular weight is 342 g/mol. The van der Waals surface area contributed by atoms with Gasteiger partial charge in [0.25, 0.3) is 5.69 Å². The van der Waals surface area contributed by atoms with Crippen LogP contribution >= 0.6 is 27.5 Å². The molecule has 0 atom stereocenters. The predicted octanol–water partition coefficient (Wildman–Crippen LogP) is 4.62. The van der Waals surface area contributed by atoms with Gasteiger partial charge in [0.05, 0.1) is 4.92 Å². The Labute approximate surface area is 123 Å². The van der Waals surface area contributed by atoms with Crippen molar-refractivity contribution in [1.82, 2.24) is 0 Å². The molecule has 0 aromatic heterocycles. The number of benzene rings is 2. The second-order valence-corrected chi connectivity index (χ2v) is 5.22. The Morgan fingerprint density at radius 2 is 2.05 bits per heavy atom. The topological polar surface area (TPSA) is 55.2 Å². The van der Waals surface area contributed by atoms with E-state index in [9.17, 15) is 10.1 Å². The first-order valence-electron chi connectivity index (χ1n) is 5.48. The van der Waals surface area contributed by atoms with Crippen LogP contribution in [0.4, 0.5) is 11.4 Å². The number of nitrogens with one attached hydrogen (secondary N) is 1. The monoisotopic (exact) mass is 340 g/mol. The normalized spacial score (nSPS) is 10.2. The van der Waals surface area contributed by atoms with Gasteiger partial charge < -0.3 is 5.32 Å². The Bertz CT molecular complexity index is 619. The Balaban J connectivity index is 2.15. The first kappa shape index (κ1) is 13.8. The number of nitro groups is 1. The molecule has 0 unspecified atom stereocenters. The van der Waals surface area contributed by atoms with E-state index in [4.69, 9.17) is 11.6 Å². The third-order valence-corrected chi connectivity index (χ3v) is 3.41. The van der Waals surface area contributed by atoms with Crippen molar-refractivity contribution in [2.24, 2.45) is 0 Å². The summed E-state index contributed by atoms with van der Waals surface area (Å²) in [7, 11) is 0. The standard InChI is InChI=1S/C13H10BrClN2O2/c14-10-2-1-3-11(7-10)16-8-9-6-12(17(18)19)4-5-13(9)15/h1-7,16H,8H2. The second-order valence-electron chi connectivity index (χ2n) is 3.90. The summed E-state index contributed by atoms with van der Waals surface area (Å²) >= 11 is 9.40. The van der Waals surface area contributed by atoms with Crippen LogP contribution in [0.25, 0.3) is 0 Å². The van der Waals surface area contributed by atoms with Crippen LogP contribution in [0.15, 0.2) is 46.9 Å². The van der Waals surface area contributed by atoms with Crippen LogP contribution in [0.1, 0.15) is 5.56 Å². The van der Waals surface area contributed by atoms with Crippen LogP contribution in [0.3, 0.4) is 0 Å². The van der Waals surface area contributed by atoms with Gasteiger partial charge >= 0.3 is 0 Å². The summed E-state index contributed by atoms with van der Waals surface area (Å²) < 4.78 is 0.961. The van der Waals surface area contributed by atoms with Gasteiger partial charge in [-0.05, 0) is 29.8 Å². The zero-order chi connectivity index (χ0) is 13.8. The highest BCUT2D eigenvalue weighted by molar-refractivity contribution is 9.10. The van der Waals surface area contributed by atoms with Gasteiger partial charge in [-0.25, -0.2) is 0 Å². The number of nitrogens with zero attached hydrogens (tertiary/aromatic N) is 1. The van der Waals surface area contributed by atoms with E-state index < -0.39 is 4.92 Å². The largest absolute Gasteiger partial charge is 0.381 e. The molecule has 1 N–H and O–H groups in total. The molecule has 0 aliphatic heterocycles. The number of anilines is 1. The third-order valence-electron chi connectivity index (χ3n) is 2.55. The van der Waals surface area contributed by atoms with Gasteiger partial charge in [0.1, 0.15) is 0 Å². The van der Waals surface area contributed by atoms with E-state index in [0.717, 1.165) is 10.2 Å². The minimum absolute atomic E-state index is 0.0374. The predicted molar refractivity (Wildman–Crippen MR) is 79.6 cm³/mol. The molecule has 4 nitrogen and oxygen atoms in total. The molecule has 2 aromatic carbocycles. The van der Waals surface area contributed by atoms with Crippen LogP contribution in [-0.4, -0.2) is 4.92 Å². The van der Waals surface area contributed by atoms with Crippen LogP contribution < -0.4 is 5.32 Å². The summed E-state index contributed by atoms with van der Waals surface area (Å²) in [6.45, 7) is 0.428. The van der Waals surface area contributed by atoms with Crippen molar-refractivity contribution in [3.63, 3.8) is 0 Å². The van der Waals surface area contributed by atoms with E-state index in [-0.39, 0.29) is 5.69 Å². The molecule has 0 radical (unpaired) electrons. The van der Waals surface area contributed by atoms with Gasteiger partial charge in [-0.1, -0.05) is 33.6 Å². The maximum Gasteiger partial charge on any atom is 0.269 e. The minimum atomic E-state index is -0.432. The van der Waals surface area contributed by atoms with Crippen molar-refractivity contribution in [2.75, 3.05) is 5.32 Å². The van der Waals surface area contributed by atoms with Crippen LogP contribution in [0, 0.1) is 10.1 Å². The molecule has 0 amide bonds. The lowest BCUT2D eigenvalue weighted by molar-refractivity contribution is -0.384. The van der Waals surface area contributed by atoms with E-state index in [0.29, 0.717) is 17.1 Å². The lowest BCUT2D eigenvalue weighted by atomic mass is 10.2. The summed E-state index contributed by atoms with van der Waals surface area (Å²) in [4.78, 5) is 10.3. The van der Waals surface area contributed by atoms with E-state index in [1.807, 2.05) is 24.3 Å². The fraction of sp³-hybridized carbons (Fsp3) is 0.0769. The fourth-order valence-corrected chi connectivity index (χ4v) is 2.19. The Hall–Kier alpha value is -1.59. The molecule has 0 fully saturated rings. The smallest absolute Gasteiger partial charge is 0.269 e. The number of non-ortho nitro benzene ring substituents is 1. The van der Waals surface area contributed by atoms with Crippen molar-refractivity contribution in [3.8, 4) is 0 Å². The maximum atomic E-state index is 10.7. The van der Waals surface area contributed by atoms with Crippen LogP contribution in [0.2, 0.25) is 5.02 Å². The number of hydrogen-bond donors (Lipinski definition) is 1. The SMILES string of the molecule is O=[N+]([O-])c1ccc(Cl)c(CNc2cccc(Br)c2)c1. The molecule has 0 aliphatic carbocycles. The van der Waals surface area contributed by atoms with E-state index in [1.54, 1.807) is 0 Å². The molecule has 0 saturated carbocycles. The molecule has 0 bridgehead atoms. The molecule has 0 spiro atoms. The molecular weight excluding hydrogens is 332 g/mol. The Morgan fingerprint density at radius 3 is 2.74 bits per heavy atom. The van der Waals surface area contributed by atoms with Crippen molar-refractivity contribution in [3.05, 3.63) is 67.6 Å². The number of rotatable bonds is 4. The molecular formula is C13H10BrClN2O2. The molecule has 0 saturated heterocycles. The first-order valence-corrected chi connectivity index (χ1v) is 6.65. The van der Waals surface area contributed by atoms with Crippen molar-refractivity contribution in [2.45, 2.75) is 6.54 Å². The van der Waals surface area contributed by atoms with E-state index in [2.05, 4.69) is 21.2 Å². The Morgan fingerprint density at radius 1 is 1.26 bits per heavy atom. The van der Waals surface area contributed by atoms with Gasteiger partial charge in [-0.15, -0.1) is 0 Å². The molecule has 0 aliphatic rings. The summed E-state index contributed by atoms with van der Waals surface area (Å²) in [5.41, 5.74) is 1.64. The summed E-state index contributed by atoms with van der Waals surface area (Å²) in [5, 5.41) is 14.4. The minimum Gasteiger partial charge on any atom is -0.381 e. The highest BCUT2D eigenvalue weighted by Gasteiger charge is 2.09. The summed E-state index contributed by atoms with van der Waals surface area (Å²) in [6.07, 6.45) is 0. The van der Waals surface area contributed by atoms with Crippen LogP contribution in [0.5, 0.6) is 0 Å². The molecule has 19 heavy (non-hydrogen) atoms. The molecule has 98 valence electrons. The zero-order valence-corrected chi connectivity index (χ0v) is 12.1. The van der Waals surface area contributed by atoms with Gasteiger partial charge in [-0.2, -0.15) is 0 Å². The van der Waals surface area contributed by atoms with E-state index >= 15 is 0 Å². The van der Waals surface area contributed by atoms with Gasteiger partial charge in [-0.3, -0.25) is 10.1 Å². The van der Waals surface area contributed by atoms with Gasteiger partial charge in [0.2, 0.25) is 0 Å². The lowest BCUT2D eigenvalue weighted by Crippen LogP contribution is -2.01. The van der Waals surface area contributed by atoms with Crippen molar-refractivity contribution >= 4 is 38.9 Å². The maximum absolute atomic E-state index is 10.7. The molecule has 0 heterocycles. The lowest BCUT2D eigenvalue weighted by Gasteiger charge is -2.08. The number of nitro benzene ring substituents is 1. The third kappa shape index (κ3) is 3.68. The van der Waals surface area contributed by atoms with Gasteiger partial charge in [0, 0.05) is 33.9 Å². The number of halogens is 2. The molecule has 2 aromatic rings. The Kier molecular flexibility index (Phi) is 4.39. The second kappa shape index (κ2) is 6.04. The number of hydrogen-bond acceptors (Lipinski definition) is 3. The zero-order valence-electron chi connectivity index (χ0n) is 9.77. The molecule has 2 rings (SSSR count). The van der Waals surface area contributed by atoms with Gasteiger partial charge in [0.15, 0.2) is 0 Å². The summed E-state index contributed by atoms with van der Waals surface area (Å²) in [5.74, 6) is 0. The summed E-state index contributed by atoms with van der Waals surface area (Å²) in [6, 6.07) is 12.1. The highest BCUT2D eigenvalue weighted by Crippen LogP contribution is 2.23. The van der Waals surface area contributed by atoms with Crippen molar-refractivity contribution < 1.29 is 4.92 Å². The quantitative estimate of drug-likeness (QED) is 0.652. The highest BCUT2D eigenvalue weighted by atomic mass is 79.9. The average Bonchev–Trinajstić information content (AvgIpc) is 2.37. The van der Waals surface area contributed by atoms with Crippen LogP contribution in [-0.2, 0) is 6.54 Å². The van der Waals surface area contributed by atoms with Crippen molar-refractivity contribution in [1.29, 1.82) is 0 Å².